The van der Waals surface area contributed by atoms with Gasteiger partial charge in [-0.3, -0.25) is 9.59 Å². The Kier molecular flexibility index (Phi) is 7.65. The van der Waals surface area contributed by atoms with E-state index in [1.807, 2.05) is 42.5 Å². The molecule has 0 saturated carbocycles. The van der Waals surface area contributed by atoms with E-state index in [0.717, 1.165) is 14.5 Å². The Balaban J connectivity index is 1.67. The minimum absolute atomic E-state index is 0.156. The maximum absolute atomic E-state index is 12.7. The summed E-state index contributed by atoms with van der Waals surface area (Å²) in [5.41, 5.74) is 1.95. The zero-order valence-corrected chi connectivity index (χ0v) is 19.4. The van der Waals surface area contributed by atoms with E-state index in [1.165, 1.54) is 4.90 Å². The van der Waals surface area contributed by atoms with Gasteiger partial charge in [-0.25, -0.2) is 0 Å². The predicted molar refractivity (Wildman–Crippen MR) is 125 cm³/mol. The van der Waals surface area contributed by atoms with Gasteiger partial charge >= 0.3 is 0 Å². The largest absolute Gasteiger partial charge is 0.483 e. The standard InChI is InChI=1S/C23H20Br2N2O3/c1-27(22(28)15-30-21-12-11-17(24)13-19(21)25)20-10-6-5-9-18(20)23(29)26-14-16-7-3-2-4-8-16/h2-13H,14-15H2,1H3,(H,26,29). The highest BCUT2D eigenvalue weighted by Gasteiger charge is 2.19. The number of carbonyl (C=O) groups excluding carboxylic acids is 2. The molecule has 3 aromatic carbocycles. The van der Waals surface area contributed by atoms with Crippen LogP contribution in [-0.2, 0) is 11.3 Å². The van der Waals surface area contributed by atoms with Crippen LogP contribution in [0.4, 0.5) is 5.69 Å². The molecule has 0 aliphatic rings. The van der Waals surface area contributed by atoms with Crippen LogP contribution in [0.1, 0.15) is 15.9 Å². The summed E-state index contributed by atoms with van der Waals surface area (Å²) in [7, 11) is 1.63. The smallest absolute Gasteiger partial charge is 0.264 e. The van der Waals surface area contributed by atoms with E-state index < -0.39 is 0 Å². The quantitative estimate of drug-likeness (QED) is 0.457. The van der Waals surface area contributed by atoms with Crippen molar-refractivity contribution in [2.75, 3.05) is 18.6 Å². The molecule has 1 N–H and O–H groups in total. The first kappa shape index (κ1) is 22.1. The third-order valence-electron chi connectivity index (χ3n) is 4.43. The van der Waals surface area contributed by atoms with Crippen molar-refractivity contribution in [2.24, 2.45) is 0 Å². The number of hydrogen-bond acceptors (Lipinski definition) is 3. The maximum Gasteiger partial charge on any atom is 0.264 e. The van der Waals surface area contributed by atoms with Gasteiger partial charge in [0, 0.05) is 18.1 Å². The average molecular weight is 532 g/mol. The number of carbonyl (C=O) groups is 2. The van der Waals surface area contributed by atoms with Gasteiger partial charge < -0.3 is 15.0 Å². The highest BCUT2D eigenvalue weighted by Crippen LogP contribution is 2.28. The van der Waals surface area contributed by atoms with Crippen molar-refractivity contribution in [1.29, 1.82) is 0 Å². The first-order valence-electron chi connectivity index (χ1n) is 9.21. The molecule has 0 heterocycles. The molecule has 0 fully saturated rings. The van der Waals surface area contributed by atoms with Gasteiger partial charge in [0.2, 0.25) is 0 Å². The lowest BCUT2D eigenvalue weighted by Crippen LogP contribution is -2.33. The van der Waals surface area contributed by atoms with Gasteiger partial charge in [-0.15, -0.1) is 0 Å². The molecule has 3 aromatic rings. The van der Waals surface area contributed by atoms with Crippen LogP contribution < -0.4 is 15.0 Å². The molecule has 0 bridgehead atoms. The molecule has 7 heteroatoms. The van der Waals surface area contributed by atoms with E-state index in [2.05, 4.69) is 37.2 Å². The minimum atomic E-state index is -0.270. The number of rotatable bonds is 7. The molecule has 0 saturated heterocycles. The summed E-state index contributed by atoms with van der Waals surface area (Å²) < 4.78 is 7.29. The lowest BCUT2D eigenvalue weighted by molar-refractivity contribution is -0.120. The molecule has 154 valence electrons. The molecular weight excluding hydrogens is 512 g/mol. The lowest BCUT2D eigenvalue weighted by Gasteiger charge is -2.21. The maximum atomic E-state index is 12.7. The molecule has 0 spiro atoms. The fourth-order valence-electron chi connectivity index (χ4n) is 2.79. The van der Waals surface area contributed by atoms with Crippen molar-refractivity contribution >= 4 is 49.4 Å². The van der Waals surface area contributed by atoms with E-state index in [4.69, 9.17) is 4.74 Å². The number of para-hydroxylation sites is 1. The van der Waals surface area contributed by atoms with Crippen LogP contribution in [0.15, 0.2) is 81.7 Å². The van der Waals surface area contributed by atoms with Crippen molar-refractivity contribution in [3.05, 3.63) is 92.9 Å². The zero-order valence-electron chi connectivity index (χ0n) is 16.3. The van der Waals surface area contributed by atoms with Crippen LogP contribution in [-0.4, -0.2) is 25.5 Å². The fourth-order valence-corrected chi connectivity index (χ4v) is 3.96. The second-order valence-corrected chi connectivity index (χ2v) is 8.27. The van der Waals surface area contributed by atoms with Crippen molar-refractivity contribution in [3.8, 4) is 5.75 Å². The number of amides is 2. The summed E-state index contributed by atoms with van der Waals surface area (Å²) in [6.07, 6.45) is 0. The summed E-state index contributed by atoms with van der Waals surface area (Å²) in [5.74, 6) is 0.0487. The number of anilines is 1. The second kappa shape index (κ2) is 10.4. The molecule has 0 radical (unpaired) electrons. The van der Waals surface area contributed by atoms with E-state index >= 15 is 0 Å². The molecular formula is C23H20Br2N2O3. The van der Waals surface area contributed by atoms with Crippen LogP contribution in [0.3, 0.4) is 0 Å². The molecule has 0 atom stereocenters. The van der Waals surface area contributed by atoms with Crippen molar-refractivity contribution in [2.45, 2.75) is 6.54 Å². The van der Waals surface area contributed by atoms with Crippen molar-refractivity contribution in [1.82, 2.24) is 5.32 Å². The SMILES string of the molecule is CN(C(=O)COc1ccc(Br)cc1Br)c1ccccc1C(=O)NCc1ccccc1. The first-order valence-corrected chi connectivity index (χ1v) is 10.8. The third-order valence-corrected chi connectivity index (χ3v) is 5.54. The lowest BCUT2D eigenvalue weighted by atomic mass is 10.1. The van der Waals surface area contributed by atoms with Crippen LogP contribution in [0.5, 0.6) is 5.75 Å². The number of nitrogens with zero attached hydrogens (tertiary/aromatic N) is 1. The normalized spacial score (nSPS) is 10.4. The van der Waals surface area contributed by atoms with Gasteiger partial charge in [0.1, 0.15) is 5.75 Å². The monoisotopic (exact) mass is 530 g/mol. The summed E-state index contributed by atoms with van der Waals surface area (Å²) in [5, 5.41) is 2.90. The molecule has 0 aromatic heterocycles. The Bertz CT molecular complexity index is 1040. The molecule has 30 heavy (non-hydrogen) atoms. The fraction of sp³-hybridized carbons (Fsp3) is 0.130. The van der Waals surface area contributed by atoms with Crippen molar-refractivity contribution in [3.63, 3.8) is 0 Å². The van der Waals surface area contributed by atoms with E-state index in [9.17, 15) is 9.59 Å². The Morgan fingerprint density at radius 1 is 0.967 bits per heavy atom. The number of likely N-dealkylation sites (N-methyl/N-ethyl adjacent to an activating group) is 1. The average Bonchev–Trinajstić information content (AvgIpc) is 2.77. The van der Waals surface area contributed by atoms with Crippen LogP contribution >= 0.6 is 31.9 Å². The van der Waals surface area contributed by atoms with Crippen LogP contribution in [0.2, 0.25) is 0 Å². The van der Waals surface area contributed by atoms with Gasteiger partial charge in [-0.05, 0) is 51.8 Å². The highest BCUT2D eigenvalue weighted by molar-refractivity contribution is 9.11. The van der Waals surface area contributed by atoms with E-state index in [0.29, 0.717) is 23.5 Å². The topological polar surface area (TPSA) is 58.6 Å². The molecule has 0 aliphatic heterocycles. The molecule has 5 nitrogen and oxygen atoms in total. The molecule has 0 unspecified atom stereocenters. The molecule has 2 amide bonds. The Morgan fingerprint density at radius 2 is 1.67 bits per heavy atom. The van der Waals surface area contributed by atoms with Crippen LogP contribution in [0.25, 0.3) is 0 Å². The van der Waals surface area contributed by atoms with Gasteiger partial charge in [-0.2, -0.15) is 0 Å². The Labute approximate surface area is 192 Å². The summed E-state index contributed by atoms with van der Waals surface area (Å²) in [6, 6.07) is 22.1. The molecule has 0 aliphatic carbocycles. The Morgan fingerprint density at radius 3 is 2.40 bits per heavy atom. The zero-order chi connectivity index (χ0) is 21.5. The van der Waals surface area contributed by atoms with E-state index in [1.54, 1.807) is 37.4 Å². The van der Waals surface area contributed by atoms with Gasteiger partial charge in [0.15, 0.2) is 6.61 Å². The summed E-state index contributed by atoms with van der Waals surface area (Å²) in [6.45, 7) is 0.253. The van der Waals surface area contributed by atoms with Crippen LogP contribution in [0, 0.1) is 0 Å². The first-order chi connectivity index (χ1) is 14.5. The van der Waals surface area contributed by atoms with Gasteiger partial charge in [0.05, 0.1) is 15.7 Å². The second-order valence-electron chi connectivity index (χ2n) is 6.50. The molecule has 3 rings (SSSR count). The number of benzene rings is 3. The Hall–Kier alpha value is -2.64. The van der Waals surface area contributed by atoms with Gasteiger partial charge in [-0.1, -0.05) is 58.4 Å². The number of halogens is 2. The van der Waals surface area contributed by atoms with Crippen molar-refractivity contribution < 1.29 is 14.3 Å². The minimum Gasteiger partial charge on any atom is -0.483 e. The third kappa shape index (κ3) is 5.70. The van der Waals surface area contributed by atoms with Gasteiger partial charge in [0.25, 0.3) is 11.8 Å². The number of nitrogens with one attached hydrogen (secondary N) is 1. The number of hydrogen-bond donors (Lipinski definition) is 1. The predicted octanol–water partition coefficient (Wildman–Crippen LogP) is 5.18. The van der Waals surface area contributed by atoms with E-state index in [-0.39, 0.29) is 18.4 Å². The number of ether oxygens (including phenoxy) is 1. The summed E-state index contributed by atoms with van der Waals surface area (Å²) >= 11 is 6.79. The highest BCUT2D eigenvalue weighted by atomic mass is 79.9. The summed E-state index contributed by atoms with van der Waals surface area (Å²) in [4.78, 5) is 26.9.